The van der Waals surface area contributed by atoms with E-state index < -0.39 is 0 Å². The van der Waals surface area contributed by atoms with Gasteiger partial charge in [0.2, 0.25) is 0 Å². The number of aromatic nitrogens is 1. The molecule has 0 bridgehead atoms. The SMILES string of the molecule is CCN(CC)C(C)(CC)C(Cc1ccccn1)NC. The van der Waals surface area contributed by atoms with Gasteiger partial charge in [-0.05, 0) is 45.6 Å². The smallest absolute Gasteiger partial charge is 0.0419 e. The van der Waals surface area contributed by atoms with E-state index in [1.807, 2.05) is 12.3 Å². The molecule has 0 aliphatic carbocycles. The largest absolute Gasteiger partial charge is 0.315 e. The molecule has 2 unspecified atom stereocenters. The van der Waals surface area contributed by atoms with Crippen LogP contribution in [0.15, 0.2) is 24.4 Å². The maximum atomic E-state index is 4.47. The van der Waals surface area contributed by atoms with Crippen LogP contribution in [0.2, 0.25) is 0 Å². The summed E-state index contributed by atoms with van der Waals surface area (Å²) in [6.07, 6.45) is 3.98. The van der Waals surface area contributed by atoms with Crippen molar-refractivity contribution in [2.75, 3.05) is 20.1 Å². The zero-order valence-electron chi connectivity index (χ0n) is 13.1. The number of nitrogens with zero attached hydrogens (tertiary/aromatic N) is 2. The highest BCUT2D eigenvalue weighted by Crippen LogP contribution is 2.25. The number of likely N-dealkylation sites (N-methyl/N-ethyl adjacent to an activating group) is 2. The quantitative estimate of drug-likeness (QED) is 0.781. The van der Waals surface area contributed by atoms with Gasteiger partial charge in [0.1, 0.15) is 0 Å². The van der Waals surface area contributed by atoms with E-state index in [9.17, 15) is 0 Å². The first kappa shape index (κ1) is 16.1. The first-order valence-corrected chi connectivity index (χ1v) is 7.44. The van der Waals surface area contributed by atoms with E-state index in [1.54, 1.807) is 0 Å². The van der Waals surface area contributed by atoms with Gasteiger partial charge in [-0.25, -0.2) is 0 Å². The zero-order valence-corrected chi connectivity index (χ0v) is 13.1. The van der Waals surface area contributed by atoms with Crippen LogP contribution in [-0.2, 0) is 6.42 Å². The van der Waals surface area contributed by atoms with E-state index in [2.05, 4.69) is 62.1 Å². The molecule has 1 aromatic heterocycles. The Kier molecular flexibility index (Phi) is 6.46. The fraction of sp³-hybridized carbons (Fsp3) is 0.688. The minimum Gasteiger partial charge on any atom is -0.315 e. The van der Waals surface area contributed by atoms with Gasteiger partial charge in [-0.15, -0.1) is 0 Å². The van der Waals surface area contributed by atoms with Crippen LogP contribution in [0.1, 0.15) is 39.8 Å². The predicted octanol–water partition coefficient (Wildman–Crippen LogP) is 2.72. The first-order chi connectivity index (χ1) is 9.12. The number of nitrogens with one attached hydrogen (secondary N) is 1. The Labute approximate surface area is 118 Å². The second kappa shape index (κ2) is 7.61. The molecule has 3 nitrogen and oxygen atoms in total. The summed E-state index contributed by atoms with van der Waals surface area (Å²) in [5.74, 6) is 0. The normalized spacial score (nSPS) is 16.3. The molecule has 3 heteroatoms. The summed E-state index contributed by atoms with van der Waals surface area (Å²) in [6.45, 7) is 11.3. The third kappa shape index (κ3) is 3.77. The average Bonchev–Trinajstić information content (AvgIpc) is 2.46. The van der Waals surface area contributed by atoms with Crippen LogP contribution in [0.4, 0.5) is 0 Å². The van der Waals surface area contributed by atoms with E-state index >= 15 is 0 Å². The fourth-order valence-electron chi connectivity index (χ4n) is 3.00. The summed E-state index contributed by atoms with van der Waals surface area (Å²) in [5, 5.41) is 3.51. The van der Waals surface area contributed by atoms with Crippen molar-refractivity contribution in [1.29, 1.82) is 0 Å². The summed E-state index contributed by atoms with van der Waals surface area (Å²) in [5.41, 5.74) is 1.32. The van der Waals surface area contributed by atoms with Crippen LogP contribution in [0.25, 0.3) is 0 Å². The molecule has 1 aromatic rings. The highest BCUT2D eigenvalue weighted by Gasteiger charge is 2.36. The lowest BCUT2D eigenvalue weighted by Gasteiger charge is -2.45. The van der Waals surface area contributed by atoms with Crippen molar-refractivity contribution in [3.63, 3.8) is 0 Å². The average molecular weight is 263 g/mol. The Bertz CT molecular complexity index is 348. The van der Waals surface area contributed by atoms with Crippen LogP contribution >= 0.6 is 0 Å². The van der Waals surface area contributed by atoms with Crippen LogP contribution in [0.5, 0.6) is 0 Å². The molecule has 0 aromatic carbocycles. The molecule has 0 radical (unpaired) electrons. The van der Waals surface area contributed by atoms with E-state index in [0.29, 0.717) is 6.04 Å². The molecule has 0 spiro atoms. The highest BCUT2D eigenvalue weighted by molar-refractivity contribution is 5.09. The molecule has 2 atom stereocenters. The summed E-state index contributed by atoms with van der Waals surface area (Å²) in [4.78, 5) is 7.02. The monoisotopic (exact) mass is 263 g/mol. The van der Waals surface area contributed by atoms with E-state index in [1.165, 1.54) is 0 Å². The molecule has 0 amide bonds. The Hall–Kier alpha value is -0.930. The van der Waals surface area contributed by atoms with Crippen LogP contribution in [-0.4, -0.2) is 41.6 Å². The second-order valence-corrected chi connectivity index (χ2v) is 5.25. The molecule has 108 valence electrons. The van der Waals surface area contributed by atoms with Crippen molar-refractivity contribution in [2.24, 2.45) is 0 Å². The Balaban J connectivity index is 2.92. The van der Waals surface area contributed by atoms with Gasteiger partial charge in [0.25, 0.3) is 0 Å². The van der Waals surface area contributed by atoms with Crippen LogP contribution in [0, 0.1) is 0 Å². The Morgan fingerprint density at radius 1 is 1.26 bits per heavy atom. The number of pyridine rings is 1. The van der Waals surface area contributed by atoms with Gasteiger partial charge in [0, 0.05) is 29.9 Å². The van der Waals surface area contributed by atoms with Gasteiger partial charge in [-0.2, -0.15) is 0 Å². The number of hydrogen-bond acceptors (Lipinski definition) is 3. The molecule has 0 saturated carbocycles. The molecule has 0 saturated heterocycles. The van der Waals surface area contributed by atoms with Gasteiger partial charge in [0.05, 0.1) is 0 Å². The Morgan fingerprint density at radius 2 is 1.95 bits per heavy atom. The standard InChI is InChI=1S/C16H29N3/c1-6-16(4,19(7-2)8-3)15(17-5)13-14-11-9-10-12-18-14/h9-12,15,17H,6-8,13H2,1-5H3. The lowest BCUT2D eigenvalue weighted by Crippen LogP contribution is -2.59. The van der Waals surface area contributed by atoms with Crippen molar-refractivity contribution in [2.45, 2.75) is 52.1 Å². The van der Waals surface area contributed by atoms with Crippen LogP contribution in [0.3, 0.4) is 0 Å². The van der Waals surface area contributed by atoms with Crippen LogP contribution < -0.4 is 5.32 Å². The third-order valence-corrected chi connectivity index (χ3v) is 4.44. The molecule has 19 heavy (non-hydrogen) atoms. The molecule has 0 aliphatic heterocycles. The molecule has 1 rings (SSSR count). The summed E-state index contributed by atoms with van der Waals surface area (Å²) in [7, 11) is 2.06. The van der Waals surface area contributed by atoms with Gasteiger partial charge in [0.15, 0.2) is 0 Å². The molecule has 0 fully saturated rings. The van der Waals surface area contributed by atoms with E-state index in [0.717, 1.165) is 31.6 Å². The summed E-state index contributed by atoms with van der Waals surface area (Å²) < 4.78 is 0. The Morgan fingerprint density at radius 3 is 2.37 bits per heavy atom. The minimum absolute atomic E-state index is 0.162. The van der Waals surface area contributed by atoms with E-state index in [4.69, 9.17) is 0 Å². The zero-order chi connectivity index (χ0) is 14.3. The number of rotatable bonds is 8. The molecule has 1 N–H and O–H groups in total. The molecular formula is C16H29N3. The van der Waals surface area contributed by atoms with Crippen molar-refractivity contribution in [3.05, 3.63) is 30.1 Å². The topological polar surface area (TPSA) is 28.2 Å². The minimum atomic E-state index is 0.162. The van der Waals surface area contributed by atoms with E-state index in [-0.39, 0.29) is 5.54 Å². The number of hydrogen-bond donors (Lipinski definition) is 1. The maximum absolute atomic E-state index is 4.47. The lowest BCUT2D eigenvalue weighted by molar-refractivity contribution is 0.0727. The molecule has 0 aliphatic rings. The fourth-order valence-corrected chi connectivity index (χ4v) is 3.00. The van der Waals surface area contributed by atoms with Gasteiger partial charge < -0.3 is 5.32 Å². The van der Waals surface area contributed by atoms with Gasteiger partial charge in [-0.1, -0.05) is 26.8 Å². The predicted molar refractivity (Wildman–Crippen MR) is 82.4 cm³/mol. The lowest BCUT2D eigenvalue weighted by atomic mass is 9.84. The summed E-state index contributed by atoms with van der Waals surface area (Å²) >= 11 is 0. The first-order valence-electron chi connectivity index (χ1n) is 7.44. The van der Waals surface area contributed by atoms with Crippen molar-refractivity contribution < 1.29 is 0 Å². The second-order valence-electron chi connectivity index (χ2n) is 5.25. The van der Waals surface area contributed by atoms with Crippen molar-refractivity contribution >= 4 is 0 Å². The van der Waals surface area contributed by atoms with Gasteiger partial charge >= 0.3 is 0 Å². The third-order valence-electron chi connectivity index (χ3n) is 4.44. The molecule has 1 heterocycles. The maximum Gasteiger partial charge on any atom is 0.0419 e. The van der Waals surface area contributed by atoms with Crippen molar-refractivity contribution in [1.82, 2.24) is 15.2 Å². The van der Waals surface area contributed by atoms with Gasteiger partial charge in [-0.3, -0.25) is 9.88 Å². The molecular weight excluding hydrogens is 234 g/mol. The van der Waals surface area contributed by atoms with Crippen molar-refractivity contribution in [3.8, 4) is 0 Å². The highest BCUT2D eigenvalue weighted by atomic mass is 15.2. The summed E-state index contributed by atoms with van der Waals surface area (Å²) in [6, 6.07) is 6.56.